The van der Waals surface area contributed by atoms with Crippen LogP contribution in [-0.4, -0.2) is 11.6 Å². The van der Waals surface area contributed by atoms with Crippen LogP contribution in [0.25, 0.3) is 0 Å². The highest BCUT2D eigenvalue weighted by Gasteiger charge is 2.15. The molecule has 1 aromatic carbocycles. The molecule has 0 saturated carbocycles. The molecule has 2 nitrogen and oxygen atoms in total. The Balaban J connectivity index is 3.58. The van der Waals surface area contributed by atoms with E-state index in [1.807, 2.05) is 26.0 Å². The molecule has 0 amide bonds. The number of benzene rings is 1. The van der Waals surface area contributed by atoms with E-state index < -0.39 is 0 Å². The predicted molar refractivity (Wildman–Crippen MR) is 55.9 cm³/mol. The summed E-state index contributed by atoms with van der Waals surface area (Å²) < 4.78 is 0. The van der Waals surface area contributed by atoms with Crippen molar-refractivity contribution in [3.05, 3.63) is 34.4 Å². The van der Waals surface area contributed by atoms with Crippen LogP contribution in [0.5, 0.6) is 0 Å². The van der Waals surface area contributed by atoms with Crippen molar-refractivity contribution in [3.63, 3.8) is 0 Å². The van der Waals surface area contributed by atoms with Gasteiger partial charge in [0.1, 0.15) is 0 Å². The zero-order valence-electron chi connectivity index (χ0n) is 8.97. The summed E-state index contributed by atoms with van der Waals surface area (Å²) in [7, 11) is 0. The lowest BCUT2D eigenvalue weighted by Crippen LogP contribution is -2.08. The summed E-state index contributed by atoms with van der Waals surface area (Å²) in [5.41, 5.74) is 2.87. The van der Waals surface area contributed by atoms with Crippen LogP contribution in [0.15, 0.2) is 12.1 Å². The van der Waals surface area contributed by atoms with Gasteiger partial charge in [0.15, 0.2) is 11.6 Å². The van der Waals surface area contributed by atoms with Crippen LogP contribution >= 0.6 is 0 Å². The largest absolute Gasteiger partial charge is 0.294 e. The number of hydrogen-bond acceptors (Lipinski definition) is 2. The first kappa shape index (κ1) is 10.6. The van der Waals surface area contributed by atoms with Gasteiger partial charge >= 0.3 is 0 Å². The Morgan fingerprint density at radius 2 is 1.14 bits per heavy atom. The van der Waals surface area contributed by atoms with Gasteiger partial charge in [-0.3, -0.25) is 9.59 Å². The third-order valence-electron chi connectivity index (χ3n) is 2.33. The Morgan fingerprint density at radius 1 is 0.857 bits per heavy atom. The van der Waals surface area contributed by atoms with Gasteiger partial charge in [-0.05, 0) is 38.8 Å². The van der Waals surface area contributed by atoms with Crippen LogP contribution in [0.2, 0.25) is 0 Å². The van der Waals surface area contributed by atoms with E-state index in [4.69, 9.17) is 0 Å². The fourth-order valence-corrected chi connectivity index (χ4v) is 1.72. The molecular weight excluding hydrogens is 176 g/mol. The van der Waals surface area contributed by atoms with Crippen molar-refractivity contribution >= 4 is 11.6 Å². The molecule has 0 unspecified atom stereocenters. The molecule has 0 radical (unpaired) electrons. The molecule has 1 rings (SSSR count). The van der Waals surface area contributed by atoms with E-state index in [1.165, 1.54) is 13.8 Å². The fraction of sp³-hybridized carbons (Fsp3) is 0.333. The summed E-state index contributed by atoms with van der Waals surface area (Å²) in [6.07, 6.45) is 0. The van der Waals surface area contributed by atoms with Crippen LogP contribution in [0.1, 0.15) is 45.7 Å². The molecule has 0 fully saturated rings. The molecule has 0 heterocycles. The Morgan fingerprint density at radius 3 is 1.36 bits per heavy atom. The molecule has 74 valence electrons. The van der Waals surface area contributed by atoms with E-state index in [2.05, 4.69) is 0 Å². The van der Waals surface area contributed by atoms with Crippen LogP contribution in [-0.2, 0) is 0 Å². The van der Waals surface area contributed by atoms with Gasteiger partial charge in [-0.1, -0.05) is 12.1 Å². The minimum Gasteiger partial charge on any atom is -0.294 e. The molecule has 14 heavy (non-hydrogen) atoms. The predicted octanol–water partition coefficient (Wildman–Crippen LogP) is 2.71. The van der Waals surface area contributed by atoms with Crippen LogP contribution < -0.4 is 0 Å². The third kappa shape index (κ3) is 1.74. The first-order valence-electron chi connectivity index (χ1n) is 4.57. The van der Waals surface area contributed by atoms with E-state index in [0.717, 1.165) is 11.1 Å². The minimum absolute atomic E-state index is 0.0450. The molecule has 0 bridgehead atoms. The molecule has 1 aromatic rings. The van der Waals surface area contributed by atoms with E-state index >= 15 is 0 Å². The quantitative estimate of drug-likeness (QED) is 0.672. The maximum Gasteiger partial charge on any atom is 0.160 e. The first-order chi connectivity index (χ1) is 6.45. The van der Waals surface area contributed by atoms with Crippen molar-refractivity contribution in [1.82, 2.24) is 0 Å². The summed E-state index contributed by atoms with van der Waals surface area (Å²) in [4.78, 5) is 22.8. The second-order valence-electron chi connectivity index (χ2n) is 3.56. The van der Waals surface area contributed by atoms with Crippen molar-refractivity contribution in [2.75, 3.05) is 0 Å². The molecule has 0 aliphatic carbocycles. The maximum atomic E-state index is 11.4. The summed E-state index contributed by atoms with van der Waals surface area (Å²) in [6.45, 7) is 6.69. The van der Waals surface area contributed by atoms with Gasteiger partial charge in [-0.15, -0.1) is 0 Å². The van der Waals surface area contributed by atoms with Gasteiger partial charge < -0.3 is 0 Å². The number of Topliss-reactive ketones (excluding diaryl/α,β-unsaturated/α-hetero) is 2. The lowest BCUT2D eigenvalue weighted by Gasteiger charge is -2.10. The number of ketones is 2. The van der Waals surface area contributed by atoms with Crippen LogP contribution in [0.3, 0.4) is 0 Å². The second kappa shape index (κ2) is 3.74. The van der Waals surface area contributed by atoms with Gasteiger partial charge in [-0.25, -0.2) is 0 Å². The van der Waals surface area contributed by atoms with Crippen molar-refractivity contribution in [2.24, 2.45) is 0 Å². The highest BCUT2D eigenvalue weighted by Crippen LogP contribution is 2.19. The molecule has 0 N–H and O–H groups in total. The SMILES string of the molecule is CC(=O)c1c(C)ccc(C)c1C(C)=O. The van der Waals surface area contributed by atoms with Gasteiger partial charge in [0.05, 0.1) is 0 Å². The summed E-state index contributed by atoms with van der Waals surface area (Å²) >= 11 is 0. The lowest BCUT2D eigenvalue weighted by atomic mass is 9.93. The normalized spacial score (nSPS) is 10.0. The van der Waals surface area contributed by atoms with Crippen LogP contribution in [0, 0.1) is 13.8 Å². The second-order valence-corrected chi connectivity index (χ2v) is 3.56. The Bertz CT molecular complexity index is 364. The minimum atomic E-state index is -0.0450. The molecule has 0 aromatic heterocycles. The molecular formula is C12H14O2. The molecule has 0 atom stereocenters. The molecule has 2 heteroatoms. The highest BCUT2D eigenvalue weighted by atomic mass is 16.1. The number of rotatable bonds is 2. The highest BCUT2D eigenvalue weighted by molar-refractivity contribution is 6.09. The zero-order valence-corrected chi connectivity index (χ0v) is 8.97. The molecule has 0 aliphatic heterocycles. The van der Waals surface area contributed by atoms with E-state index in [1.54, 1.807) is 0 Å². The maximum absolute atomic E-state index is 11.4. The standard InChI is InChI=1S/C12H14O2/c1-7-5-6-8(2)12(10(4)14)11(7)9(3)13/h5-6H,1-4H3. The van der Waals surface area contributed by atoms with Gasteiger partial charge in [0.2, 0.25) is 0 Å². The average Bonchev–Trinajstić information content (AvgIpc) is 2.07. The van der Waals surface area contributed by atoms with Crippen molar-refractivity contribution in [3.8, 4) is 0 Å². The Kier molecular flexibility index (Phi) is 2.84. The van der Waals surface area contributed by atoms with E-state index in [-0.39, 0.29) is 11.6 Å². The third-order valence-corrected chi connectivity index (χ3v) is 2.33. The number of aryl methyl sites for hydroxylation is 2. The summed E-state index contributed by atoms with van der Waals surface area (Å²) in [6, 6.07) is 3.75. The van der Waals surface area contributed by atoms with Crippen molar-refractivity contribution in [2.45, 2.75) is 27.7 Å². The van der Waals surface area contributed by atoms with E-state index in [9.17, 15) is 9.59 Å². The first-order valence-corrected chi connectivity index (χ1v) is 4.57. The average molecular weight is 190 g/mol. The summed E-state index contributed by atoms with van der Waals surface area (Å²) in [5, 5.41) is 0. The summed E-state index contributed by atoms with van der Waals surface area (Å²) in [5.74, 6) is -0.0900. The van der Waals surface area contributed by atoms with Crippen LogP contribution in [0.4, 0.5) is 0 Å². The van der Waals surface area contributed by atoms with Gasteiger partial charge in [-0.2, -0.15) is 0 Å². The molecule has 0 aliphatic rings. The Hall–Kier alpha value is -1.44. The van der Waals surface area contributed by atoms with E-state index in [0.29, 0.717) is 11.1 Å². The lowest BCUT2D eigenvalue weighted by molar-refractivity contribution is 0.0979. The van der Waals surface area contributed by atoms with Crippen molar-refractivity contribution in [1.29, 1.82) is 0 Å². The monoisotopic (exact) mass is 190 g/mol. The number of carbonyl (C=O) groups excluding carboxylic acids is 2. The Labute approximate surface area is 83.9 Å². The van der Waals surface area contributed by atoms with Crippen molar-refractivity contribution < 1.29 is 9.59 Å². The number of carbonyl (C=O) groups is 2. The zero-order chi connectivity index (χ0) is 10.9. The fourth-order valence-electron chi connectivity index (χ4n) is 1.72. The molecule has 0 saturated heterocycles. The molecule has 0 spiro atoms. The number of hydrogen-bond donors (Lipinski definition) is 0. The topological polar surface area (TPSA) is 34.1 Å². The van der Waals surface area contributed by atoms with Gasteiger partial charge in [0.25, 0.3) is 0 Å². The van der Waals surface area contributed by atoms with Gasteiger partial charge in [0, 0.05) is 11.1 Å². The smallest absolute Gasteiger partial charge is 0.160 e.